The van der Waals surface area contributed by atoms with Gasteiger partial charge in [0.2, 0.25) is 11.9 Å². The van der Waals surface area contributed by atoms with E-state index in [1.807, 2.05) is 24.3 Å². The highest BCUT2D eigenvalue weighted by molar-refractivity contribution is 5.83. The zero-order valence-corrected chi connectivity index (χ0v) is 23.2. The Morgan fingerprint density at radius 1 is 0.690 bits per heavy atom. The van der Waals surface area contributed by atoms with Gasteiger partial charge >= 0.3 is 6.01 Å². The Morgan fingerprint density at radius 3 is 1.79 bits per heavy atom. The number of para-hydroxylation sites is 2. The van der Waals surface area contributed by atoms with Crippen molar-refractivity contribution >= 4 is 33.7 Å². The van der Waals surface area contributed by atoms with E-state index < -0.39 is 0 Å². The van der Waals surface area contributed by atoms with Gasteiger partial charge in [0, 0.05) is 34.5 Å². The first-order chi connectivity index (χ1) is 20.7. The van der Waals surface area contributed by atoms with Gasteiger partial charge < -0.3 is 30.1 Å². The minimum absolute atomic E-state index is 0.0892. The maximum atomic E-state index is 6.25. The van der Waals surface area contributed by atoms with Crippen LogP contribution in [-0.2, 0) is 0 Å². The van der Waals surface area contributed by atoms with Crippen molar-refractivity contribution in [3.05, 3.63) is 95.8 Å². The maximum Gasteiger partial charge on any atom is 0.328 e. The van der Waals surface area contributed by atoms with Gasteiger partial charge in [-0.05, 0) is 78.4 Å². The van der Waals surface area contributed by atoms with Gasteiger partial charge in [-0.15, -0.1) is 0 Å². The second kappa shape index (κ2) is 10.1. The fraction of sp³-hybridized carbons (Fsp3) is 0.242. The number of aromatic amines is 2. The molecule has 6 aromatic rings. The molecule has 2 aliphatic rings. The van der Waals surface area contributed by atoms with E-state index in [-0.39, 0.29) is 11.9 Å². The molecule has 0 amide bonds. The summed E-state index contributed by atoms with van der Waals surface area (Å²) in [6.45, 7) is 0. The Morgan fingerprint density at radius 2 is 1.26 bits per heavy atom. The molecule has 8 rings (SSSR count). The van der Waals surface area contributed by atoms with E-state index in [9.17, 15) is 0 Å². The molecule has 0 saturated heterocycles. The second-order valence-corrected chi connectivity index (χ2v) is 11.2. The van der Waals surface area contributed by atoms with Crippen LogP contribution in [0.3, 0.4) is 0 Å². The molecule has 9 heteroatoms. The third kappa shape index (κ3) is 4.98. The van der Waals surface area contributed by atoms with E-state index in [2.05, 4.69) is 90.2 Å². The van der Waals surface area contributed by atoms with Gasteiger partial charge in [-0.1, -0.05) is 42.5 Å². The highest BCUT2D eigenvalue weighted by Gasteiger charge is 2.26. The highest BCUT2D eigenvalue weighted by Crippen LogP contribution is 2.40. The highest BCUT2D eigenvalue weighted by atomic mass is 16.5. The van der Waals surface area contributed by atoms with Crippen LogP contribution in [-0.4, -0.2) is 44.1 Å². The Kier molecular flexibility index (Phi) is 5.94. The SMILES string of the molecule is COc1cc(C(c2cc3ccccc3[nH]2)c2cc3ccccc3[nH]2)ccc1Oc1nc(NC2CC2)nc(NC2CC2)n1. The molecule has 2 fully saturated rings. The van der Waals surface area contributed by atoms with Crippen LogP contribution < -0.4 is 20.1 Å². The summed E-state index contributed by atoms with van der Waals surface area (Å²) in [6, 6.07) is 28.2. The van der Waals surface area contributed by atoms with Gasteiger partial charge in [0.1, 0.15) is 0 Å². The molecule has 0 unspecified atom stereocenters. The van der Waals surface area contributed by atoms with Crippen molar-refractivity contribution in [3.8, 4) is 17.5 Å². The smallest absolute Gasteiger partial charge is 0.328 e. The molecule has 9 nitrogen and oxygen atoms in total. The summed E-state index contributed by atoms with van der Waals surface area (Å²) in [6.07, 6.45) is 4.49. The molecule has 2 aliphatic carbocycles. The summed E-state index contributed by atoms with van der Waals surface area (Å²) in [5, 5.41) is 9.07. The maximum absolute atomic E-state index is 6.25. The number of fused-ring (bicyclic) bond motifs is 2. The van der Waals surface area contributed by atoms with Gasteiger partial charge in [-0.2, -0.15) is 15.0 Å². The van der Waals surface area contributed by atoms with Crippen LogP contribution in [0, 0.1) is 0 Å². The topological polar surface area (TPSA) is 113 Å². The van der Waals surface area contributed by atoms with Crippen LogP contribution in [0.5, 0.6) is 17.5 Å². The number of rotatable bonds is 10. The van der Waals surface area contributed by atoms with E-state index in [4.69, 9.17) is 9.47 Å². The monoisotopic (exact) mass is 557 g/mol. The molecule has 2 saturated carbocycles. The number of benzene rings is 3. The number of H-pyrrole nitrogens is 2. The first-order valence-corrected chi connectivity index (χ1v) is 14.5. The van der Waals surface area contributed by atoms with Crippen molar-refractivity contribution in [2.45, 2.75) is 43.7 Å². The number of ether oxygens (including phenoxy) is 2. The fourth-order valence-corrected chi connectivity index (χ4v) is 5.43. The second-order valence-electron chi connectivity index (χ2n) is 11.2. The summed E-state index contributed by atoms with van der Waals surface area (Å²) >= 11 is 0. The predicted molar refractivity (Wildman–Crippen MR) is 164 cm³/mol. The van der Waals surface area contributed by atoms with Gasteiger partial charge in [0.15, 0.2) is 11.5 Å². The molecule has 3 heterocycles. The minimum Gasteiger partial charge on any atom is -0.493 e. The normalized spacial score (nSPS) is 14.9. The van der Waals surface area contributed by atoms with Crippen LogP contribution in [0.2, 0.25) is 0 Å². The van der Waals surface area contributed by atoms with E-state index in [0.29, 0.717) is 35.5 Å². The molecule has 3 aromatic carbocycles. The van der Waals surface area contributed by atoms with E-state index in [0.717, 1.165) is 53.7 Å². The molecular formula is C33H31N7O2. The molecule has 3 aromatic heterocycles. The largest absolute Gasteiger partial charge is 0.493 e. The van der Waals surface area contributed by atoms with Gasteiger partial charge in [-0.25, -0.2) is 0 Å². The van der Waals surface area contributed by atoms with Crippen molar-refractivity contribution in [3.63, 3.8) is 0 Å². The molecule has 210 valence electrons. The molecule has 0 spiro atoms. The first-order valence-electron chi connectivity index (χ1n) is 14.5. The van der Waals surface area contributed by atoms with Crippen molar-refractivity contribution in [2.75, 3.05) is 17.7 Å². The molecule has 0 bridgehead atoms. The third-order valence-corrected chi connectivity index (χ3v) is 7.88. The summed E-state index contributed by atoms with van der Waals surface area (Å²) in [7, 11) is 1.65. The van der Waals surface area contributed by atoms with Crippen LogP contribution in [0.15, 0.2) is 78.9 Å². The summed E-state index contributed by atoms with van der Waals surface area (Å²) in [5.41, 5.74) is 5.42. The number of nitrogens with one attached hydrogen (secondary N) is 4. The Hall–Kier alpha value is -5.05. The number of aromatic nitrogens is 5. The lowest BCUT2D eigenvalue weighted by atomic mass is 9.92. The molecule has 0 radical (unpaired) electrons. The van der Waals surface area contributed by atoms with Gasteiger partial charge in [0.05, 0.1) is 13.0 Å². The van der Waals surface area contributed by atoms with Crippen molar-refractivity contribution in [1.29, 1.82) is 0 Å². The lowest BCUT2D eigenvalue weighted by Crippen LogP contribution is -2.12. The summed E-state index contributed by atoms with van der Waals surface area (Å²) in [5.74, 6) is 2.10. The average Bonchev–Trinajstić information content (AvgIpc) is 3.91. The number of anilines is 2. The molecule has 4 N–H and O–H groups in total. The first kappa shape index (κ1) is 24.7. The van der Waals surface area contributed by atoms with Crippen LogP contribution in [0.25, 0.3) is 21.8 Å². The van der Waals surface area contributed by atoms with E-state index in [1.165, 1.54) is 10.8 Å². The van der Waals surface area contributed by atoms with E-state index in [1.54, 1.807) is 7.11 Å². The number of methoxy groups -OCH3 is 1. The average molecular weight is 558 g/mol. The third-order valence-electron chi connectivity index (χ3n) is 7.88. The van der Waals surface area contributed by atoms with Gasteiger partial charge in [-0.3, -0.25) is 0 Å². The summed E-state index contributed by atoms with van der Waals surface area (Å²) in [4.78, 5) is 21.0. The minimum atomic E-state index is -0.0892. The van der Waals surface area contributed by atoms with Crippen molar-refractivity contribution in [2.24, 2.45) is 0 Å². The standard InChI is InChI=1S/C33H31N7O2/c1-41-29-18-21(10-15-28(29)42-33-39-31(34-22-11-12-22)38-32(40-33)35-23-13-14-23)30(26-16-19-6-2-4-8-24(19)36-26)27-17-20-7-3-5-9-25(20)37-27/h2-10,15-18,22-23,30,36-37H,11-14H2,1H3,(H2,34,35,38,39,40). The van der Waals surface area contributed by atoms with Crippen molar-refractivity contribution < 1.29 is 9.47 Å². The molecule has 0 aliphatic heterocycles. The van der Waals surface area contributed by atoms with Gasteiger partial charge in [0.25, 0.3) is 0 Å². The zero-order valence-electron chi connectivity index (χ0n) is 23.2. The molecular weight excluding hydrogens is 526 g/mol. The summed E-state index contributed by atoms with van der Waals surface area (Å²) < 4.78 is 12.1. The lowest BCUT2D eigenvalue weighted by Gasteiger charge is -2.18. The van der Waals surface area contributed by atoms with Crippen LogP contribution >= 0.6 is 0 Å². The molecule has 42 heavy (non-hydrogen) atoms. The number of hydrogen-bond donors (Lipinski definition) is 4. The zero-order chi connectivity index (χ0) is 28.0. The number of hydrogen-bond acceptors (Lipinski definition) is 7. The number of nitrogens with zero attached hydrogens (tertiary/aromatic N) is 3. The Bertz CT molecular complexity index is 1730. The molecule has 0 atom stereocenters. The van der Waals surface area contributed by atoms with Crippen molar-refractivity contribution in [1.82, 2.24) is 24.9 Å². The Balaban J connectivity index is 1.17. The Labute approximate surface area is 242 Å². The van der Waals surface area contributed by atoms with E-state index >= 15 is 0 Å². The quantitative estimate of drug-likeness (QED) is 0.144. The lowest BCUT2D eigenvalue weighted by molar-refractivity contribution is 0.367. The van der Waals surface area contributed by atoms with Crippen LogP contribution in [0.1, 0.15) is 48.6 Å². The fourth-order valence-electron chi connectivity index (χ4n) is 5.43. The predicted octanol–water partition coefficient (Wildman–Crippen LogP) is 6.96. The van der Waals surface area contributed by atoms with Crippen LogP contribution in [0.4, 0.5) is 11.9 Å².